The minimum absolute atomic E-state index is 0.112. The van der Waals surface area contributed by atoms with E-state index in [9.17, 15) is 9.90 Å². The van der Waals surface area contributed by atoms with Crippen LogP contribution in [0.25, 0.3) is 11.3 Å². The van der Waals surface area contributed by atoms with Crippen LogP contribution in [0, 0.1) is 11.3 Å². The van der Waals surface area contributed by atoms with E-state index in [1.54, 1.807) is 50.4 Å². The van der Waals surface area contributed by atoms with Crippen molar-refractivity contribution in [1.82, 2.24) is 4.98 Å². The third kappa shape index (κ3) is 7.88. The maximum absolute atomic E-state index is 13.0. The number of rotatable bonds is 10. The quantitative estimate of drug-likeness (QED) is 0.237. The smallest absolute Gasteiger partial charge is 0.290 e. The zero-order chi connectivity index (χ0) is 29.5. The van der Waals surface area contributed by atoms with Crippen LogP contribution in [0.15, 0.2) is 54.6 Å². The van der Waals surface area contributed by atoms with Gasteiger partial charge in [0.1, 0.15) is 5.60 Å². The van der Waals surface area contributed by atoms with Gasteiger partial charge >= 0.3 is 0 Å². The van der Waals surface area contributed by atoms with Gasteiger partial charge in [-0.05, 0) is 88.1 Å². The molecule has 210 valence electrons. The Kier molecular flexibility index (Phi) is 9.64. The first-order valence-electron chi connectivity index (χ1n) is 12.9. The Balaban J connectivity index is 0.00000141. The fraction of sp³-hybridized carbons (Fsp3) is 0.355. The van der Waals surface area contributed by atoms with Gasteiger partial charge in [-0.15, -0.1) is 0 Å². The molecule has 1 aliphatic rings. The Morgan fingerprint density at radius 2 is 1.77 bits per heavy atom. The van der Waals surface area contributed by atoms with Crippen LogP contribution in [0.5, 0.6) is 11.5 Å². The largest absolute Gasteiger partial charge is 0.493 e. The Morgan fingerprint density at radius 1 is 1.12 bits per heavy atom. The molecule has 0 saturated heterocycles. The van der Waals surface area contributed by atoms with Crippen LogP contribution in [-0.4, -0.2) is 40.7 Å². The van der Waals surface area contributed by atoms with Crippen molar-refractivity contribution in [2.45, 2.75) is 63.7 Å². The molecule has 40 heavy (non-hydrogen) atoms. The standard InChI is InChI=1S/C30H33N3O4.CH2O2/c1-29(2,32)22-16-24(20-7-5-19(18-31)6-8-20)33-28(17-22)30(3,35)14-13-25(34)21-9-12-26(27(15-21)36-4)37-23-10-11-23;2-1-3/h5-9,12,15-17,23,35H,10-11,13-14,32H2,1-4H3;1H,(H,2,3). The van der Waals surface area contributed by atoms with Crippen LogP contribution in [0.2, 0.25) is 0 Å². The molecule has 1 aromatic heterocycles. The molecular formula is C31H35N3O6. The molecule has 9 heteroatoms. The highest BCUT2D eigenvalue weighted by Crippen LogP contribution is 2.35. The first kappa shape index (κ1) is 30.3. The Morgan fingerprint density at radius 3 is 2.33 bits per heavy atom. The number of aliphatic hydroxyl groups is 1. The van der Waals surface area contributed by atoms with E-state index >= 15 is 0 Å². The number of hydrogen-bond donors (Lipinski definition) is 3. The highest BCUT2D eigenvalue weighted by molar-refractivity contribution is 5.96. The predicted molar refractivity (Wildman–Crippen MR) is 150 cm³/mol. The molecule has 0 aliphatic heterocycles. The van der Waals surface area contributed by atoms with Crippen LogP contribution >= 0.6 is 0 Å². The SMILES string of the molecule is COc1cc(C(=O)CCC(C)(O)c2cc(C(C)(C)N)cc(-c3ccc(C#N)cc3)n2)ccc1OC1CC1.O=CO. The van der Waals surface area contributed by atoms with Gasteiger partial charge in [0.2, 0.25) is 0 Å². The van der Waals surface area contributed by atoms with Gasteiger partial charge in [0.15, 0.2) is 17.3 Å². The number of methoxy groups -OCH3 is 1. The molecule has 9 nitrogen and oxygen atoms in total. The zero-order valence-corrected chi connectivity index (χ0v) is 23.2. The molecule has 1 fully saturated rings. The van der Waals surface area contributed by atoms with Gasteiger partial charge in [0.25, 0.3) is 6.47 Å². The van der Waals surface area contributed by atoms with Gasteiger partial charge in [-0.25, -0.2) is 4.98 Å². The highest BCUT2D eigenvalue weighted by atomic mass is 16.5. The van der Waals surface area contributed by atoms with Crippen LogP contribution < -0.4 is 15.2 Å². The second kappa shape index (κ2) is 12.7. The summed E-state index contributed by atoms with van der Waals surface area (Å²) in [5.41, 5.74) is 8.08. The average molecular weight is 546 g/mol. The fourth-order valence-corrected chi connectivity index (χ4v) is 3.98. The molecule has 0 spiro atoms. The van der Waals surface area contributed by atoms with E-state index in [0.717, 1.165) is 24.0 Å². The van der Waals surface area contributed by atoms with Gasteiger partial charge in [-0.3, -0.25) is 9.59 Å². The Bertz CT molecular complexity index is 1380. The van der Waals surface area contributed by atoms with Crippen LogP contribution in [0.3, 0.4) is 0 Å². The van der Waals surface area contributed by atoms with Crippen molar-refractivity contribution in [3.05, 3.63) is 77.0 Å². The normalized spacial score (nSPS) is 14.1. The Hall–Kier alpha value is -4.26. The molecule has 1 unspecified atom stereocenters. The molecule has 4 rings (SSSR count). The maximum atomic E-state index is 13.0. The summed E-state index contributed by atoms with van der Waals surface area (Å²) in [5.74, 6) is 1.05. The van der Waals surface area contributed by atoms with E-state index < -0.39 is 11.1 Å². The number of nitrogens with zero attached hydrogens (tertiary/aromatic N) is 2. The molecule has 2 aromatic carbocycles. The lowest BCUT2D eigenvalue weighted by molar-refractivity contribution is -0.122. The number of nitrogens with two attached hydrogens (primary N) is 1. The molecule has 1 saturated carbocycles. The topological polar surface area (TPSA) is 156 Å². The van der Waals surface area contributed by atoms with E-state index in [4.69, 9.17) is 35.4 Å². The van der Waals surface area contributed by atoms with Crippen LogP contribution in [0.1, 0.15) is 73.6 Å². The van der Waals surface area contributed by atoms with Gasteiger partial charge in [0.05, 0.1) is 36.2 Å². The number of nitriles is 1. The fourth-order valence-electron chi connectivity index (χ4n) is 3.98. The Labute approximate surface area is 234 Å². The summed E-state index contributed by atoms with van der Waals surface area (Å²) >= 11 is 0. The molecule has 4 N–H and O–H groups in total. The molecule has 1 atom stereocenters. The maximum Gasteiger partial charge on any atom is 0.290 e. The van der Waals surface area contributed by atoms with E-state index in [2.05, 4.69) is 6.07 Å². The van der Waals surface area contributed by atoms with Crippen molar-refractivity contribution in [3.63, 3.8) is 0 Å². The van der Waals surface area contributed by atoms with E-state index in [-0.39, 0.29) is 31.2 Å². The average Bonchev–Trinajstić information content (AvgIpc) is 3.76. The summed E-state index contributed by atoms with van der Waals surface area (Å²) in [6.45, 7) is 5.18. The first-order valence-corrected chi connectivity index (χ1v) is 12.9. The van der Waals surface area contributed by atoms with E-state index in [1.807, 2.05) is 32.0 Å². The zero-order valence-electron chi connectivity index (χ0n) is 23.2. The first-order chi connectivity index (χ1) is 18.9. The third-order valence-electron chi connectivity index (χ3n) is 6.57. The summed E-state index contributed by atoms with van der Waals surface area (Å²) in [6.07, 6.45) is 2.57. The summed E-state index contributed by atoms with van der Waals surface area (Å²) in [5, 5.41) is 27.4. The number of aromatic nitrogens is 1. The van der Waals surface area contributed by atoms with Crippen molar-refractivity contribution in [3.8, 4) is 28.8 Å². The van der Waals surface area contributed by atoms with Crippen molar-refractivity contribution in [2.24, 2.45) is 5.73 Å². The lowest BCUT2D eigenvalue weighted by Gasteiger charge is -2.27. The van der Waals surface area contributed by atoms with Crippen LogP contribution in [0.4, 0.5) is 0 Å². The van der Waals surface area contributed by atoms with E-state index in [1.165, 1.54) is 0 Å². The van der Waals surface area contributed by atoms with Crippen molar-refractivity contribution < 1.29 is 29.3 Å². The van der Waals surface area contributed by atoms with Gasteiger partial charge in [0, 0.05) is 23.1 Å². The monoisotopic (exact) mass is 545 g/mol. The number of benzene rings is 2. The molecule has 0 amide bonds. The summed E-state index contributed by atoms with van der Waals surface area (Å²) in [4.78, 5) is 26.1. The number of carbonyl (C=O) groups excluding carboxylic acids is 1. The molecule has 0 radical (unpaired) electrons. The third-order valence-corrected chi connectivity index (χ3v) is 6.57. The van der Waals surface area contributed by atoms with Gasteiger partial charge in [-0.1, -0.05) is 12.1 Å². The molecule has 1 aliphatic carbocycles. The van der Waals surface area contributed by atoms with Gasteiger partial charge < -0.3 is 25.4 Å². The number of carbonyl (C=O) groups is 2. The van der Waals surface area contributed by atoms with Crippen molar-refractivity contribution in [2.75, 3.05) is 7.11 Å². The number of ketones is 1. The summed E-state index contributed by atoms with van der Waals surface area (Å²) < 4.78 is 11.3. The number of carboxylic acid groups (broad SMARTS) is 1. The molecule has 3 aromatic rings. The summed E-state index contributed by atoms with van der Waals surface area (Å²) in [6, 6.07) is 18.1. The second-order valence-corrected chi connectivity index (χ2v) is 10.5. The predicted octanol–water partition coefficient (Wildman–Crippen LogP) is 4.94. The number of pyridine rings is 1. The van der Waals surface area contributed by atoms with Crippen molar-refractivity contribution >= 4 is 12.3 Å². The second-order valence-electron chi connectivity index (χ2n) is 10.5. The lowest BCUT2D eigenvalue weighted by atomic mass is 9.88. The van der Waals surface area contributed by atoms with E-state index in [0.29, 0.717) is 34.0 Å². The summed E-state index contributed by atoms with van der Waals surface area (Å²) in [7, 11) is 1.55. The van der Waals surface area contributed by atoms with Crippen molar-refractivity contribution in [1.29, 1.82) is 5.26 Å². The number of hydrogen-bond acceptors (Lipinski definition) is 8. The van der Waals surface area contributed by atoms with Gasteiger partial charge in [-0.2, -0.15) is 5.26 Å². The number of Topliss-reactive ketones (excluding diaryl/α,β-unsaturated/α-hetero) is 1. The molecule has 1 heterocycles. The number of ether oxygens (including phenoxy) is 2. The molecular weight excluding hydrogens is 510 g/mol. The molecule has 0 bridgehead atoms. The highest BCUT2D eigenvalue weighted by Gasteiger charge is 2.30. The minimum Gasteiger partial charge on any atom is -0.493 e. The lowest BCUT2D eigenvalue weighted by Crippen LogP contribution is -2.31. The minimum atomic E-state index is -1.38. The van der Waals surface area contributed by atoms with Crippen LogP contribution in [-0.2, 0) is 15.9 Å².